The number of ether oxygens (including phenoxy) is 2. The minimum Gasteiger partial charge on any atom is -0.454 e. The normalized spacial score (nSPS) is 18.9. The van der Waals surface area contributed by atoms with Crippen LogP contribution in [-0.4, -0.2) is 34.6 Å². The van der Waals surface area contributed by atoms with E-state index < -0.39 is 0 Å². The third kappa shape index (κ3) is 2.54. The smallest absolute Gasteiger partial charge is 0.259 e. The molecule has 162 valence electrons. The van der Waals surface area contributed by atoms with Crippen LogP contribution in [0.15, 0.2) is 53.9 Å². The van der Waals surface area contributed by atoms with Gasteiger partial charge in [0.2, 0.25) is 12.7 Å². The van der Waals surface area contributed by atoms with E-state index in [9.17, 15) is 9.59 Å². The zero-order valence-corrected chi connectivity index (χ0v) is 18.1. The Morgan fingerprint density at radius 2 is 1.97 bits per heavy atom. The van der Waals surface area contributed by atoms with Gasteiger partial charge in [-0.15, -0.1) is 0 Å². The SMILES string of the molecule is CC(=O)N1CC2=C(C1=O)[C@@H](c1ccc3c(c1)OCO3)c1cn(C(C)C)c3cccc(c13)N2. The summed E-state index contributed by atoms with van der Waals surface area (Å²) in [6.07, 6.45) is 2.15. The number of benzene rings is 2. The molecule has 1 atom stereocenters. The minimum atomic E-state index is -0.338. The molecule has 0 fully saturated rings. The Morgan fingerprint density at radius 3 is 2.75 bits per heavy atom. The van der Waals surface area contributed by atoms with Gasteiger partial charge in [0.25, 0.3) is 5.91 Å². The molecular formula is C25H23N3O4. The van der Waals surface area contributed by atoms with Crippen molar-refractivity contribution in [3.8, 4) is 11.5 Å². The molecule has 0 bridgehead atoms. The van der Waals surface area contributed by atoms with Crippen molar-refractivity contribution < 1.29 is 19.1 Å². The summed E-state index contributed by atoms with van der Waals surface area (Å²) in [6, 6.07) is 12.2. The molecule has 3 aromatic rings. The van der Waals surface area contributed by atoms with Crippen LogP contribution in [0, 0.1) is 0 Å². The second-order valence-corrected chi connectivity index (χ2v) is 8.76. The third-order valence-corrected chi connectivity index (χ3v) is 6.56. The van der Waals surface area contributed by atoms with Gasteiger partial charge < -0.3 is 19.4 Å². The van der Waals surface area contributed by atoms with E-state index in [4.69, 9.17) is 9.47 Å². The van der Waals surface area contributed by atoms with Crippen molar-refractivity contribution >= 4 is 28.4 Å². The lowest BCUT2D eigenvalue weighted by Crippen LogP contribution is -2.33. The summed E-state index contributed by atoms with van der Waals surface area (Å²) in [7, 11) is 0. The van der Waals surface area contributed by atoms with Crippen molar-refractivity contribution in [2.24, 2.45) is 0 Å². The summed E-state index contributed by atoms with van der Waals surface area (Å²) in [4.78, 5) is 27.0. The highest BCUT2D eigenvalue weighted by molar-refractivity contribution is 6.11. The van der Waals surface area contributed by atoms with Crippen molar-refractivity contribution in [2.75, 3.05) is 18.7 Å². The Kier molecular flexibility index (Phi) is 3.93. The van der Waals surface area contributed by atoms with Gasteiger partial charge >= 0.3 is 0 Å². The fourth-order valence-electron chi connectivity index (χ4n) is 5.10. The molecule has 0 saturated carbocycles. The summed E-state index contributed by atoms with van der Waals surface area (Å²) >= 11 is 0. The molecule has 3 aliphatic rings. The molecule has 3 aliphatic heterocycles. The predicted octanol–water partition coefficient (Wildman–Crippen LogP) is 4.15. The van der Waals surface area contributed by atoms with Crippen LogP contribution in [0.25, 0.3) is 10.9 Å². The second-order valence-electron chi connectivity index (χ2n) is 8.76. The fraction of sp³-hybridized carbons (Fsp3) is 0.280. The molecule has 32 heavy (non-hydrogen) atoms. The molecule has 6 rings (SSSR count). The van der Waals surface area contributed by atoms with Crippen LogP contribution in [0.5, 0.6) is 11.5 Å². The van der Waals surface area contributed by atoms with Crippen molar-refractivity contribution in [3.05, 3.63) is 65.0 Å². The fourth-order valence-corrected chi connectivity index (χ4v) is 5.10. The van der Waals surface area contributed by atoms with Crippen LogP contribution >= 0.6 is 0 Å². The summed E-state index contributed by atoms with van der Waals surface area (Å²) in [5.41, 5.74) is 5.42. The molecule has 2 amide bonds. The van der Waals surface area contributed by atoms with Crippen molar-refractivity contribution in [3.63, 3.8) is 0 Å². The van der Waals surface area contributed by atoms with Crippen LogP contribution in [-0.2, 0) is 9.59 Å². The lowest BCUT2D eigenvalue weighted by Gasteiger charge is -2.20. The first-order valence-electron chi connectivity index (χ1n) is 10.8. The van der Waals surface area contributed by atoms with E-state index in [1.165, 1.54) is 11.8 Å². The van der Waals surface area contributed by atoms with Crippen molar-refractivity contribution in [1.29, 1.82) is 0 Å². The van der Waals surface area contributed by atoms with Gasteiger partial charge in [-0.3, -0.25) is 14.5 Å². The van der Waals surface area contributed by atoms with Crippen LogP contribution in [0.2, 0.25) is 0 Å². The Bertz CT molecular complexity index is 1350. The standard InChI is InChI=1S/C25H23N3O4/c1-13(2)27-10-16-22(15-7-8-20-21(9-15)32-12-31-20)24-18(11-28(14(3)29)25(24)30)26-17-5-4-6-19(27)23(16)17/h4-10,13,22,26H,11-12H2,1-3H3/t22-/m0/s1. The number of fused-ring (bicyclic) bond motifs is 1. The number of imide groups is 1. The number of hydrogen-bond donors (Lipinski definition) is 1. The molecule has 0 radical (unpaired) electrons. The number of anilines is 1. The van der Waals surface area contributed by atoms with Crippen LogP contribution < -0.4 is 14.8 Å². The highest BCUT2D eigenvalue weighted by Gasteiger charge is 2.42. The summed E-state index contributed by atoms with van der Waals surface area (Å²) in [5, 5.41) is 4.60. The maximum atomic E-state index is 13.5. The van der Waals surface area contributed by atoms with Gasteiger partial charge in [-0.05, 0) is 49.2 Å². The third-order valence-electron chi connectivity index (χ3n) is 6.56. The topological polar surface area (TPSA) is 72.8 Å². The van der Waals surface area contributed by atoms with Crippen LogP contribution in [0.1, 0.15) is 43.9 Å². The Labute approximate surface area is 185 Å². The molecule has 0 unspecified atom stereocenters. The molecular weight excluding hydrogens is 406 g/mol. The van der Waals surface area contributed by atoms with Crippen molar-refractivity contribution in [2.45, 2.75) is 32.7 Å². The Balaban J connectivity index is 1.64. The molecule has 4 heterocycles. The first kappa shape index (κ1) is 19.0. The molecule has 1 aromatic heterocycles. The molecule has 7 nitrogen and oxygen atoms in total. The van der Waals surface area contributed by atoms with E-state index in [-0.39, 0.29) is 37.1 Å². The molecule has 7 heteroatoms. The number of hydrogen-bond acceptors (Lipinski definition) is 5. The van der Waals surface area contributed by atoms with E-state index >= 15 is 0 Å². The molecule has 2 aromatic carbocycles. The van der Waals surface area contributed by atoms with Crippen molar-refractivity contribution in [1.82, 2.24) is 9.47 Å². The lowest BCUT2D eigenvalue weighted by atomic mass is 9.84. The predicted molar refractivity (Wildman–Crippen MR) is 120 cm³/mol. The lowest BCUT2D eigenvalue weighted by molar-refractivity contribution is -0.139. The highest BCUT2D eigenvalue weighted by Crippen LogP contribution is 2.48. The summed E-state index contributed by atoms with van der Waals surface area (Å²) < 4.78 is 13.4. The number of nitrogens with zero attached hydrogens (tertiary/aromatic N) is 2. The number of aromatic nitrogens is 1. The van der Waals surface area contributed by atoms with E-state index in [1.807, 2.05) is 30.3 Å². The molecule has 1 N–H and O–H groups in total. The minimum absolute atomic E-state index is 0.187. The van der Waals surface area contributed by atoms with Crippen LogP contribution in [0.3, 0.4) is 0 Å². The number of rotatable bonds is 2. The Hall–Kier alpha value is -3.74. The van der Waals surface area contributed by atoms with Gasteiger partial charge in [0.15, 0.2) is 11.5 Å². The first-order valence-corrected chi connectivity index (χ1v) is 10.8. The quantitative estimate of drug-likeness (QED) is 0.663. The van der Waals surface area contributed by atoms with E-state index in [2.05, 4.69) is 36.0 Å². The van der Waals surface area contributed by atoms with E-state index in [1.54, 1.807) is 0 Å². The zero-order chi connectivity index (χ0) is 22.1. The zero-order valence-electron chi connectivity index (χ0n) is 18.1. The number of amides is 2. The van der Waals surface area contributed by atoms with Gasteiger partial charge in [0.1, 0.15) is 0 Å². The van der Waals surface area contributed by atoms with Gasteiger partial charge in [0.05, 0.1) is 17.6 Å². The maximum Gasteiger partial charge on any atom is 0.259 e. The van der Waals surface area contributed by atoms with E-state index in [0.29, 0.717) is 17.1 Å². The van der Waals surface area contributed by atoms with E-state index in [0.717, 1.165) is 33.4 Å². The van der Waals surface area contributed by atoms with Gasteiger partial charge in [-0.1, -0.05) is 12.1 Å². The van der Waals surface area contributed by atoms with Gasteiger partial charge in [-0.25, -0.2) is 0 Å². The van der Waals surface area contributed by atoms with Crippen LogP contribution in [0.4, 0.5) is 5.69 Å². The number of nitrogens with one attached hydrogen (secondary N) is 1. The second kappa shape index (κ2) is 6.63. The monoisotopic (exact) mass is 429 g/mol. The summed E-state index contributed by atoms with van der Waals surface area (Å²) in [5.74, 6) is 0.523. The average molecular weight is 429 g/mol. The molecule has 0 aliphatic carbocycles. The largest absolute Gasteiger partial charge is 0.454 e. The Morgan fingerprint density at radius 1 is 1.16 bits per heavy atom. The number of carbonyl (C=O) groups excluding carboxylic acids is 2. The summed E-state index contributed by atoms with van der Waals surface area (Å²) in [6.45, 7) is 6.16. The number of carbonyl (C=O) groups is 2. The highest BCUT2D eigenvalue weighted by atomic mass is 16.7. The maximum absolute atomic E-state index is 13.5. The molecule has 0 saturated heterocycles. The van der Waals surface area contributed by atoms with Gasteiger partial charge in [0, 0.05) is 41.9 Å². The molecule has 0 spiro atoms. The average Bonchev–Trinajstić information content (AvgIpc) is 3.43. The first-order chi connectivity index (χ1) is 15.4. The van der Waals surface area contributed by atoms with Gasteiger partial charge in [-0.2, -0.15) is 0 Å².